The third-order valence-electron chi connectivity index (χ3n) is 4.75. The molecule has 0 aromatic rings. The molecule has 0 atom stereocenters. The third-order valence-corrected chi connectivity index (χ3v) is 4.75. The van der Waals surface area contributed by atoms with Gasteiger partial charge in [-0.25, -0.2) is 0 Å². The molecule has 4 saturated carbocycles. The van der Waals surface area contributed by atoms with Gasteiger partial charge in [-0.3, -0.25) is 0 Å². The van der Waals surface area contributed by atoms with E-state index in [9.17, 15) is 0 Å². The Balaban J connectivity index is 1.69. The lowest BCUT2D eigenvalue weighted by molar-refractivity contribution is -0.476. The fourth-order valence-electron chi connectivity index (χ4n) is 4.56. The summed E-state index contributed by atoms with van der Waals surface area (Å²) in [5.74, 6) is 2.96. The Hall–Kier alpha value is -0.0800. The molecule has 92 valence electrons. The van der Waals surface area contributed by atoms with Crippen LogP contribution in [0, 0.1) is 17.8 Å². The molecule has 16 heavy (non-hydrogen) atoms. The zero-order valence-electron chi connectivity index (χ0n) is 10.8. The van der Waals surface area contributed by atoms with Crippen LogP contribution in [0.25, 0.3) is 0 Å². The standard InChI is InChI=1S/C14H25NO/c1-13(2,15)9-16-14-6-10-3-11(7-14)5-12(4-10)8-14/h10-12H,3-9,15H2,1-2H3/p+1. The van der Waals surface area contributed by atoms with Crippen LogP contribution < -0.4 is 5.73 Å². The highest BCUT2D eigenvalue weighted by Crippen LogP contribution is 2.57. The monoisotopic (exact) mass is 224 g/mol. The molecule has 0 aliphatic heterocycles. The van der Waals surface area contributed by atoms with Crippen LogP contribution in [0.2, 0.25) is 0 Å². The van der Waals surface area contributed by atoms with Gasteiger partial charge in [0.05, 0.1) is 5.60 Å². The van der Waals surface area contributed by atoms with Crippen LogP contribution in [-0.4, -0.2) is 17.7 Å². The Bertz CT molecular complexity index is 244. The van der Waals surface area contributed by atoms with Gasteiger partial charge in [0.1, 0.15) is 12.1 Å². The van der Waals surface area contributed by atoms with Gasteiger partial charge in [0, 0.05) is 0 Å². The Kier molecular flexibility index (Phi) is 2.38. The van der Waals surface area contributed by atoms with Crippen LogP contribution >= 0.6 is 0 Å². The first-order valence-electron chi connectivity index (χ1n) is 6.93. The molecule has 4 bridgehead atoms. The lowest BCUT2D eigenvalue weighted by Crippen LogP contribution is -2.72. The smallest absolute Gasteiger partial charge is 0.112 e. The average Bonchev–Trinajstić information content (AvgIpc) is 2.11. The van der Waals surface area contributed by atoms with E-state index < -0.39 is 0 Å². The molecule has 4 rings (SSSR count). The van der Waals surface area contributed by atoms with Crippen LogP contribution in [0.15, 0.2) is 0 Å². The van der Waals surface area contributed by atoms with E-state index in [0.717, 1.165) is 24.4 Å². The van der Waals surface area contributed by atoms with E-state index in [0.29, 0.717) is 0 Å². The Morgan fingerprint density at radius 3 is 1.88 bits per heavy atom. The fourth-order valence-corrected chi connectivity index (χ4v) is 4.56. The van der Waals surface area contributed by atoms with Gasteiger partial charge >= 0.3 is 0 Å². The van der Waals surface area contributed by atoms with E-state index >= 15 is 0 Å². The Morgan fingerprint density at radius 1 is 1.06 bits per heavy atom. The Morgan fingerprint density at radius 2 is 1.50 bits per heavy atom. The lowest BCUT2D eigenvalue weighted by Gasteiger charge is -2.56. The second-order valence-corrected chi connectivity index (χ2v) is 7.55. The van der Waals surface area contributed by atoms with Crippen molar-refractivity contribution < 1.29 is 10.5 Å². The van der Waals surface area contributed by atoms with Crippen molar-refractivity contribution in [2.75, 3.05) is 6.61 Å². The van der Waals surface area contributed by atoms with E-state index in [1.165, 1.54) is 38.5 Å². The first kappa shape index (κ1) is 11.0. The van der Waals surface area contributed by atoms with Gasteiger partial charge in [0.15, 0.2) is 0 Å². The molecule has 0 radical (unpaired) electrons. The fraction of sp³-hybridized carbons (Fsp3) is 1.00. The highest BCUT2D eigenvalue weighted by Gasteiger charge is 2.52. The number of hydrogen-bond acceptors (Lipinski definition) is 1. The minimum absolute atomic E-state index is 0.0727. The molecule has 2 nitrogen and oxygen atoms in total. The molecule has 4 fully saturated rings. The molecule has 0 aromatic carbocycles. The summed E-state index contributed by atoms with van der Waals surface area (Å²) in [6.07, 6.45) is 8.52. The average molecular weight is 224 g/mol. The zero-order valence-corrected chi connectivity index (χ0v) is 10.8. The van der Waals surface area contributed by atoms with Crippen LogP contribution in [0.1, 0.15) is 52.4 Å². The van der Waals surface area contributed by atoms with E-state index in [2.05, 4.69) is 19.6 Å². The minimum atomic E-state index is 0.0727. The molecule has 4 aliphatic carbocycles. The summed E-state index contributed by atoms with van der Waals surface area (Å²) in [5.41, 5.74) is 4.50. The number of hydrogen-bond donors (Lipinski definition) is 1. The summed E-state index contributed by atoms with van der Waals surface area (Å²) in [6, 6.07) is 0. The molecule has 3 N–H and O–H groups in total. The molecule has 0 heterocycles. The first-order valence-corrected chi connectivity index (χ1v) is 6.93. The van der Waals surface area contributed by atoms with Gasteiger partial charge < -0.3 is 10.5 Å². The highest BCUT2D eigenvalue weighted by atomic mass is 16.5. The third kappa shape index (κ3) is 2.02. The van der Waals surface area contributed by atoms with Crippen LogP contribution in [0.3, 0.4) is 0 Å². The SMILES string of the molecule is CC(C)([NH3+])COC12CC3CC(CC(C3)C1)C2. The van der Waals surface area contributed by atoms with Crippen molar-refractivity contribution in [3.63, 3.8) is 0 Å². The summed E-state index contributed by atoms with van der Waals surface area (Å²) in [7, 11) is 0. The largest absolute Gasteiger partial charge is 0.369 e. The van der Waals surface area contributed by atoms with Crippen molar-refractivity contribution in [3.05, 3.63) is 0 Å². The molecular formula is C14H26NO+. The molecule has 0 aromatic heterocycles. The van der Waals surface area contributed by atoms with Crippen molar-refractivity contribution in [3.8, 4) is 0 Å². The minimum Gasteiger partial charge on any atom is -0.369 e. The maximum atomic E-state index is 6.34. The number of quaternary nitrogens is 1. The zero-order chi connectivity index (χ0) is 11.4. The predicted octanol–water partition coefficient (Wildman–Crippen LogP) is 1.99. The maximum absolute atomic E-state index is 6.34. The summed E-state index contributed by atoms with van der Waals surface area (Å²) >= 11 is 0. The molecule has 2 heteroatoms. The van der Waals surface area contributed by atoms with Crippen molar-refractivity contribution in [1.82, 2.24) is 0 Å². The van der Waals surface area contributed by atoms with Crippen molar-refractivity contribution in [1.29, 1.82) is 0 Å². The van der Waals surface area contributed by atoms with E-state index in [1.807, 2.05) is 0 Å². The molecule has 4 aliphatic rings. The van der Waals surface area contributed by atoms with Gasteiger partial charge in [-0.05, 0) is 70.1 Å². The van der Waals surface area contributed by atoms with Gasteiger partial charge in [-0.15, -0.1) is 0 Å². The van der Waals surface area contributed by atoms with E-state index in [4.69, 9.17) is 4.74 Å². The predicted molar refractivity (Wildman–Crippen MR) is 63.8 cm³/mol. The normalized spacial score (nSPS) is 46.3. The maximum Gasteiger partial charge on any atom is 0.112 e. The summed E-state index contributed by atoms with van der Waals surface area (Å²) in [4.78, 5) is 0. The molecular weight excluding hydrogens is 198 g/mol. The topological polar surface area (TPSA) is 36.9 Å². The van der Waals surface area contributed by atoms with Gasteiger partial charge in [-0.2, -0.15) is 0 Å². The highest BCUT2D eigenvalue weighted by molar-refractivity contribution is 5.03. The van der Waals surface area contributed by atoms with Gasteiger partial charge in [0.25, 0.3) is 0 Å². The molecule has 0 unspecified atom stereocenters. The van der Waals surface area contributed by atoms with Crippen LogP contribution in [0.4, 0.5) is 0 Å². The summed E-state index contributed by atoms with van der Waals surface area (Å²) in [5, 5.41) is 0. The van der Waals surface area contributed by atoms with Crippen molar-refractivity contribution in [2.45, 2.75) is 63.5 Å². The van der Waals surface area contributed by atoms with Crippen molar-refractivity contribution in [2.24, 2.45) is 17.8 Å². The van der Waals surface area contributed by atoms with E-state index in [-0.39, 0.29) is 11.1 Å². The summed E-state index contributed by atoms with van der Waals surface area (Å²) < 4.78 is 6.34. The second kappa shape index (κ2) is 3.46. The van der Waals surface area contributed by atoms with Gasteiger partial charge in [0.2, 0.25) is 0 Å². The summed E-state index contributed by atoms with van der Waals surface area (Å²) in [6.45, 7) is 5.18. The molecule has 0 spiro atoms. The van der Waals surface area contributed by atoms with Crippen molar-refractivity contribution >= 4 is 0 Å². The number of ether oxygens (including phenoxy) is 1. The number of rotatable bonds is 3. The lowest BCUT2D eigenvalue weighted by atomic mass is 9.54. The first-order chi connectivity index (χ1) is 7.44. The second-order valence-electron chi connectivity index (χ2n) is 7.55. The van der Waals surface area contributed by atoms with Crippen LogP contribution in [-0.2, 0) is 4.74 Å². The molecule has 0 amide bonds. The van der Waals surface area contributed by atoms with Gasteiger partial charge in [-0.1, -0.05) is 0 Å². The van der Waals surface area contributed by atoms with Crippen LogP contribution in [0.5, 0.6) is 0 Å². The quantitative estimate of drug-likeness (QED) is 0.782. The molecule has 0 saturated heterocycles. The van der Waals surface area contributed by atoms with E-state index in [1.54, 1.807) is 0 Å². The Labute approximate surface area is 98.9 Å².